The molecule has 0 saturated heterocycles. The lowest BCUT2D eigenvalue weighted by Gasteiger charge is -2.13. The zero-order valence-corrected chi connectivity index (χ0v) is 13.9. The Morgan fingerprint density at radius 1 is 1.27 bits per heavy atom. The number of aliphatic carboxylic acids is 1. The van der Waals surface area contributed by atoms with Gasteiger partial charge >= 0.3 is 5.97 Å². The summed E-state index contributed by atoms with van der Waals surface area (Å²) in [6.45, 7) is 5.54. The van der Waals surface area contributed by atoms with Crippen molar-refractivity contribution in [2.75, 3.05) is 5.32 Å². The number of hydrogen-bond acceptors (Lipinski definition) is 4. The van der Waals surface area contributed by atoms with Crippen molar-refractivity contribution in [3.63, 3.8) is 0 Å². The first-order valence-corrected chi connectivity index (χ1v) is 8.20. The van der Waals surface area contributed by atoms with Crippen LogP contribution in [0.15, 0.2) is 6.07 Å². The van der Waals surface area contributed by atoms with Crippen molar-refractivity contribution in [1.29, 1.82) is 0 Å². The van der Waals surface area contributed by atoms with Crippen molar-refractivity contribution in [3.05, 3.63) is 16.5 Å². The summed E-state index contributed by atoms with van der Waals surface area (Å²) >= 11 is 1.34. The Morgan fingerprint density at radius 2 is 1.95 bits per heavy atom. The van der Waals surface area contributed by atoms with E-state index >= 15 is 0 Å². The summed E-state index contributed by atoms with van der Waals surface area (Å²) in [6, 6.07) is 0.785. The van der Waals surface area contributed by atoms with E-state index in [1.807, 2.05) is 13.8 Å². The average Bonchev–Trinajstić information content (AvgIpc) is 2.89. The zero-order chi connectivity index (χ0) is 16.7. The number of carbonyl (C=O) groups is 3. The third-order valence-electron chi connectivity index (χ3n) is 3.13. The zero-order valence-electron chi connectivity index (χ0n) is 13.1. The Kier molecular flexibility index (Phi) is 7.04. The highest BCUT2D eigenvalue weighted by Crippen LogP contribution is 2.29. The summed E-state index contributed by atoms with van der Waals surface area (Å²) in [5.74, 6) is -1.70. The van der Waals surface area contributed by atoms with E-state index in [9.17, 15) is 14.4 Å². The molecule has 6 nitrogen and oxygen atoms in total. The fraction of sp³-hybridized carbons (Fsp3) is 0.533. The van der Waals surface area contributed by atoms with Gasteiger partial charge in [0.05, 0.1) is 5.56 Å². The summed E-state index contributed by atoms with van der Waals surface area (Å²) in [4.78, 5) is 36.0. The van der Waals surface area contributed by atoms with Gasteiger partial charge in [0.15, 0.2) is 0 Å². The Labute approximate surface area is 133 Å². The molecule has 0 radical (unpaired) electrons. The quantitative estimate of drug-likeness (QED) is 0.684. The van der Waals surface area contributed by atoms with E-state index in [1.165, 1.54) is 11.3 Å². The van der Waals surface area contributed by atoms with Gasteiger partial charge in [-0.2, -0.15) is 0 Å². The van der Waals surface area contributed by atoms with Crippen molar-refractivity contribution in [3.8, 4) is 0 Å². The van der Waals surface area contributed by atoms with Gasteiger partial charge in [0.25, 0.3) is 5.91 Å². The summed E-state index contributed by atoms with van der Waals surface area (Å²) in [6.07, 6.45) is 2.07. The minimum atomic E-state index is -1.06. The fourth-order valence-corrected chi connectivity index (χ4v) is 2.88. The van der Waals surface area contributed by atoms with Gasteiger partial charge in [-0.3, -0.25) is 9.59 Å². The van der Waals surface area contributed by atoms with Gasteiger partial charge in [0, 0.05) is 11.3 Å². The van der Waals surface area contributed by atoms with Crippen LogP contribution in [-0.4, -0.2) is 28.9 Å². The number of amides is 2. The van der Waals surface area contributed by atoms with Crippen LogP contribution in [0.1, 0.15) is 55.3 Å². The second-order valence-corrected chi connectivity index (χ2v) is 6.00. The van der Waals surface area contributed by atoms with Crippen LogP contribution in [0.3, 0.4) is 0 Å². The van der Waals surface area contributed by atoms with Gasteiger partial charge in [-0.25, -0.2) is 4.79 Å². The molecular formula is C15H22N2O4S. The molecule has 0 aliphatic heterocycles. The molecule has 1 aromatic rings. The van der Waals surface area contributed by atoms with Crippen LogP contribution in [0.25, 0.3) is 0 Å². The Morgan fingerprint density at radius 3 is 2.45 bits per heavy atom. The molecule has 0 spiro atoms. The van der Waals surface area contributed by atoms with E-state index in [0.29, 0.717) is 29.8 Å². The first-order valence-electron chi connectivity index (χ1n) is 7.39. The molecule has 0 aliphatic rings. The first-order chi connectivity index (χ1) is 10.4. The Balaban J connectivity index is 2.97. The largest absolute Gasteiger partial charge is 0.480 e. The number of nitrogens with one attached hydrogen (secondary N) is 2. The van der Waals surface area contributed by atoms with E-state index in [1.54, 1.807) is 13.0 Å². The highest BCUT2D eigenvalue weighted by atomic mass is 32.1. The molecule has 7 heteroatoms. The summed E-state index contributed by atoms with van der Waals surface area (Å²) in [7, 11) is 0. The standard InChI is InChI=1S/C15H22N2O4S/c1-4-7-11(15(20)21)16-13(19)10-8-9(5-2)22-14(10)17-12(18)6-3/h8,11H,4-7H2,1-3H3,(H,16,19)(H,17,18)(H,20,21). The van der Waals surface area contributed by atoms with Crippen LogP contribution in [-0.2, 0) is 16.0 Å². The number of anilines is 1. The number of carbonyl (C=O) groups excluding carboxylic acids is 2. The van der Waals surface area contributed by atoms with Crippen LogP contribution in [0, 0.1) is 0 Å². The third-order valence-corrected chi connectivity index (χ3v) is 4.33. The molecule has 0 bridgehead atoms. The number of thiophene rings is 1. The van der Waals surface area contributed by atoms with Crippen LogP contribution in [0.5, 0.6) is 0 Å². The molecule has 1 heterocycles. The number of rotatable bonds is 8. The minimum absolute atomic E-state index is 0.179. The van der Waals surface area contributed by atoms with Crippen LogP contribution in [0.4, 0.5) is 5.00 Å². The van der Waals surface area contributed by atoms with E-state index in [2.05, 4.69) is 10.6 Å². The van der Waals surface area contributed by atoms with Crippen LogP contribution >= 0.6 is 11.3 Å². The van der Waals surface area contributed by atoms with Crippen LogP contribution < -0.4 is 10.6 Å². The maximum absolute atomic E-state index is 12.3. The Bertz CT molecular complexity index is 554. The molecule has 3 N–H and O–H groups in total. The monoisotopic (exact) mass is 326 g/mol. The van der Waals surface area contributed by atoms with Gasteiger partial charge in [-0.1, -0.05) is 27.2 Å². The number of carboxylic acids is 1. The van der Waals surface area contributed by atoms with Gasteiger partial charge in [0.1, 0.15) is 11.0 Å². The van der Waals surface area contributed by atoms with Crippen molar-refractivity contribution >= 4 is 34.1 Å². The fourth-order valence-electron chi connectivity index (χ4n) is 1.87. The highest BCUT2D eigenvalue weighted by molar-refractivity contribution is 7.16. The SMILES string of the molecule is CCCC(NC(=O)c1cc(CC)sc1NC(=O)CC)C(=O)O. The molecule has 1 aromatic heterocycles. The smallest absolute Gasteiger partial charge is 0.326 e. The molecule has 0 saturated carbocycles. The van der Waals surface area contributed by atoms with E-state index in [-0.39, 0.29) is 5.91 Å². The first kappa shape index (κ1) is 18.2. The molecule has 2 amide bonds. The predicted molar refractivity (Wildman–Crippen MR) is 86.4 cm³/mol. The van der Waals surface area contributed by atoms with Gasteiger partial charge < -0.3 is 15.7 Å². The van der Waals surface area contributed by atoms with E-state index in [4.69, 9.17) is 5.11 Å². The van der Waals surface area contributed by atoms with Gasteiger partial charge in [-0.15, -0.1) is 11.3 Å². The highest BCUT2D eigenvalue weighted by Gasteiger charge is 2.23. The van der Waals surface area contributed by atoms with Crippen molar-refractivity contribution in [1.82, 2.24) is 5.32 Å². The molecule has 0 aliphatic carbocycles. The van der Waals surface area contributed by atoms with Gasteiger partial charge in [-0.05, 0) is 18.9 Å². The van der Waals surface area contributed by atoms with Crippen molar-refractivity contribution in [2.45, 2.75) is 52.5 Å². The molecule has 1 unspecified atom stereocenters. The molecule has 22 heavy (non-hydrogen) atoms. The summed E-state index contributed by atoms with van der Waals surface area (Å²) < 4.78 is 0. The van der Waals surface area contributed by atoms with E-state index in [0.717, 1.165) is 11.3 Å². The van der Waals surface area contributed by atoms with E-state index < -0.39 is 17.9 Å². The predicted octanol–water partition coefficient (Wildman–Crippen LogP) is 2.64. The molecule has 1 atom stereocenters. The lowest BCUT2D eigenvalue weighted by Crippen LogP contribution is -2.40. The maximum Gasteiger partial charge on any atom is 0.326 e. The molecule has 122 valence electrons. The minimum Gasteiger partial charge on any atom is -0.480 e. The maximum atomic E-state index is 12.3. The molecule has 0 aromatic carbocycles. The normalized spacial score (nSPS) is 11.8. The Hall–Kier alpha value is -1.89. The topological polar surface area (TPSA) is 95.5 Å². The molecular weight excluding hydrogens is 304 g/mol. The van der Waals surface area contributed by atoms with Crippen LogP contribution in [0.2, 0.25) is 0 Å². The molecule has 0 fully saturated rings. The molecule has 1 rings (SSSR count). The van der Waals surface area contributed by atoms with Crippen molar-refractivity contribution < 1.29 is 19.5 Å². The lowest BCUT2D eigenvalue weighted by atomic mass is 10.1. The number of carboxylic acid groups (broad SMARTS) is 1. The van der Waals surface area contributed by atoms with Crippen molar-refractivity contribution in [2.24, 2.45) is 0 Å². The average molecular weight is 326 g/mol. The second kappa shape index (κ2) is 8.53. The third kappa shape index (κ3) is 4.84. The summed E-state index contributed by atoms with van der Waals surface area (Å²) in [5.41, 5.74) is 0.325. The number of hydrogen-bond donors (Lipinski definition) is 3. The number of aryl methyl sites for hydroxylation is 1. The summed E-state index contributed by atoms with van der Waals surface area (Å²) in [5, 5.41) is 14.8. The second-order valence-electron chi connectivity index (χ2n) is 4.86. The lowest BCUT2D eigenvalue weighted by molar-refractivity contribution is -0.139. The van der Waals surface area contributed by atoms with Gasteiger partial charge in [0.2, 0.25) is 5.91 Å².